The predicted octanol–water partition coefficient (Wildman–Crippen LogP) is 2.23. The molecule has 6 heteroatoms. The van der Waals surface area contributed by atoms with E-state index in [0.717, 1.165) is 43.9 Å². The molecule has 1 atom stereocenters. The minimum atomic E-state index is 0.223. The van der Waals surface area contributed by atoms with Gasteiger partial charge in [-0.3, -0.25) is 4.99 Å². The summed E-state index contributed by atoms with van der Waals surface area (Å²) in [7, 11) is 9.74. The molecule has 0 amide bonds. The third kappa shape index (κ3) is 6.50. The first-order chi connectivity index (χ1) is 12.5. The van der Waals surface area contributed by atoms with Gasteiger partial charge in [0.15, 0.2) is 5.96 Å². The monoisotopic (exact) mass is 362 g/mol. The molecule has 1 aromatic carbocycles. The Morgan fingerprint density at radius 2 is 2.08 bits per heavy atom. The summed E-state index contributed by atoms with van der Waals surface area (Å²) >= 11 is 0. The zero-order valence-electron chi connectivity index (χ0n) is 16.9. The Morgan fingerprint density at radius 3 is 2.69 bits per heavy atom. The second kappa shape index (κ2) is 10.4. The molecule has 0 bridgehead atoms. The maximum absolute atomic E-state index is 5.73. The highest BCUT2D eigenvalue weighted by Crippen LogP contribution is 2.28. The summed E-state index contributed by atoms with van der Waals surface area (Å²) in [5, 5.41) is 3.49. The van der Waals surface area contributed by atoms with Gasteiger partial charge in [0.25, 0.3) is 0 Å². The average Bonchev–Trinajstić information content (AvgIpc) is 3.46. The predicted molar refractivity (Wildman–Crippen MR) is 107 cm³/mol. The van der Waals surface area contributed by atoms with Crippen LogP contribution in [0.4, 0.5) is 0 Å². The molecule has 0 spiro atoms. The molecule has 1 aliphatic carbocycles. The van der Waals surface area contributed by atoms with Gasteiger partial charge in [-0.25, -0.2) is 0 Å². The van der Waals surface area contributed by atoms with Crippen LogP contribution in [-0.2, 0) is 4.74 Å². The molecule has 2 rings (SSSR count). The fourth-order valence-electron chi connectivity index (χ4n) is 2.86. The van der Waals surface area contributed by atoms with E-state index in [1.54, 1.807) is 7.11 Å². The van der Waals surface area contributed by atoms with Gasteiger partial charge >= 0.3 is 0 Å². The van der Waals surface area contributed by atoms with Gasteiger partial charge in [-0.15, -0.1) is 0 Å². The molecule has 1 unspecified atom stereocenters. The van der Waals surface area contributed by atoms with Crippen molar-refractivity contribution in [3.05, 3.63) is 29.8 Å². The van der Waals surface area contributed by atoms with Gasteiger partial charge in [0.1, 0.15) is 5.75 Å². The Morgan fingerprint density at radius 1 is 1.31 bits per heavy atom. The number of aliphatic imine (C=N–C) groups is 1. The normalized spacial score (nSPS) is 15.8. The van der Waals surface area contributed by atoms with Gasteiger partial charge in [-0.2, -0.15) is 0 Å². The number of nitrogens with zero attached hydrogens (tertiary/aromatic N) is 3. The fraction of sp³-hybridized carbons (Fsp3) is 0.650. The van der Waals surface area contributed by atoms with E-state index in [0.29, 0.717) is 0 Å². The van der Waals surface area contributed by atoms with E-state index in [1.807, 2.05) is 26.2 Å². The molecule has 26 heavy (non-hydrogen) atoms. The SMILES string of the molecule is CN=C(NCC(c1cccc(OC)c1)N(C)C)N(C)CCOCC1CC1. The van der Waals surface area contributed by atoms with Crippen LogP contribution in [0.15, 0.2) is 29.3 Å². The van der Waals surface area contributed by atoms with E-state index < -0.39 is 0 Å². The van der Waals surface area contributed by atoms with Crippen molar-refractivity contribution in [3.63, 3.8) is 0 Å². The smallest absolute Gasteiger partial charge is 0.193 e. The number of nitrogens with one attached hydrogen (secondary N) is 1. The Hall–Kier alpha value is -1.79. The quantitative estimate of drug-likeness (QED) is 0.393. The summed E-state index contributed by atoms with van der Waals surface area (Å²) in [5.74, 6) is 2.57. The van der Waals surface area contributed by atoms with Crippen molar-refractivity contribution in [1.82, 2.24) is 15.1 Å². The van der Waals surface area contributed by atoms with Crippen molar-refractivity contribution < 1.29 is 9.47 Å². The van der Waals surface area contributed by atoms with E-state index in [4.69, 9.17) is 9.47 Å². The third-order valence-electron chi connectivity index (χ3n) is 4.75. The van der Waals surface area contributed by atoms with Gasteiger partial charge in [-0.05, 0) is 50.6 Å². The van der Waals surface area contributed by atoms with Crippen LogP contribution in [0, 0.1) is 5.92 Å². The van der Waals surface area contributed by atoms with Crippen LogP contribution >= 0.6 is 0 Å². The molecule has 0 aliphatic heterocycles. The number of likely N-dealkylation sites (N-methyl/N-ethyl adjacent to an activating group) is 2. The molecular formula is C20H34N4O2. The average molecular weight is 363 g/mol. The second-order valence-electron chi connectivity index (χ2n) is 7.12. The largest absolute Gasteiger partial charge is 0.497 e. The summed E-state index contributed by atoms with van der Waals surface area (Å²) < 4.78 is 11.1. The molecule has 1 saturated carbocycles. The minimum absolute atomic E-state index is 0.223. The summed E-state index contributed by atoms with van der Waals surface area (Å²) in [6, 6.07) is 8.44. The zero-order chi connectivity index (χ0) is 18.9. The highest BCUT2D eigenvalue weighted by Gasteiger charge is 2.21. The van der Waals surface area contributed by atoms with Crippen LogP contribution in [0.2, 0.25) is 0 Å². The van der Waals surface area contributed by atoms with Crippen LogP contribution < -0.4 is 10.1 Å². The van der Waals surface area contributed by atoms with Gasteiger partial charge < -0.3 is 24.6 Å². The maximum Gasteiger partial charge on any atom is 0.193 e. The first-order valence-electron chi connectivity index (χ1n) is 9.35. The molecule has 0 aromatic heterocycles. The van der Waals surface area contributed by atoms with Gasteiger partial charge in [0.05, 0.1) is 19.8 Å². The number of hydrogen-bond donors (Lipinski definition) is 1. The van der Waals surface area contributed by atoms with Crippen molar-refractivity contribution >= 4 is 5.96 Å². The zero-order valence-corrected chi connectivity index (χ0v) is 16.9. The van der Waals surface area contributed by atoms with Crippen LogP contribution in [0.3, 0.4) is 0 Å². The topological polar surface area (TPSA) is 49.3 Å². The standard InChI is InChI=1S/C20H34N4O2/c1-21-20(24(4)11-12-26-15-16-9-10-16)22-14-19(23(2)3)17-7-6-8-18(13-17)25-5/h6-8,13,16,19H,9-12,14-15H2,1-5H3,(H,21,22). The number of methoxy groups -OCH3 is 1. The number of hydrogen-bond acceptors (Lipinski definition) is 4. The lowest BCUT2D eigenvalue weighted by Gasteiger charge is -2.28. The molecule has 1 fully saturated rings. The summed E-state index contributed by atoms with van der Waals surface area (Å²) in [6.07, 6.45) is 2.66. The molecule has 1 aliphatic rings. The van der Waals surface area contributed by atoms with Crippen molar-refractivity contribution in [2.24, 2.45) is 10.9 Å². The maximum atomic E-state index is 5.73. The lowest BCUT2D eigenvalue weighted by Crippen LogP contribution is -2.43. The molecule has 1 N–H and O–H groups in total. The summed E-state index contributed by atoms with van der Waals surface area (Å²) in [4.78, 5) is 8.72. The highest BCUT2D eigenvalue weighted by molar-refractivity contribution is 5.79. The van der Waals surface area contributed by atoms with Crippen molar-refractivity contribution in [2.45, 2.75) is 18.9 Å². The van der Waals surface area contributed by atoms with Crippen molar-refractivity contribution in [3.8, 4) is 5.75 Å². The van der Waals surface area contributed by atoms with Gasteiger partial charge in [0.2, 0.25) is 0 Å². The van der Waals surface area contributed by atoms with Gasteiger partial charge in [0, 0.05) is 33.8 Å². The number of rotatable bonds is 10. The Labute approximate surface area is 158 Å². The minimum Gasteiger partial charge on any atom is -0.497 e. The van der Waals surface area contributed by atoms with Crippen LogP contribution in [-0.4, -0.2) is 77.4 Å². The molecule has 0 heterocycles. The fourth-order valence-corrected chi connectivity index (χ4v) is 2.86. The Kier molecular flexibility index (Phi) is 8.19. The molecule has 146 valence electrons. The molecule has 6 nitrogen and oxygen atoms in total. The van der Waals surface area contributed by atoms with E-state index in [-0.39, 0.29) is 6.04 Å². The van der Waals surface area contributed by atoms with Crippen molar-refractivity contribution in [1.29, 1.82) is 0 Å². The Balaban J connectivity index is 1.86. The number of ether oxygens (including phenoxy) is 2. The van der Waals surface area contributed by atoms with Crippen LogP contribution in [0.5, 0.6) is 5.75 Å². The van der Waals surface area contributed by atoms with Gasteiger partial charge in [-0.1, -0.05) is 12.1 Å². The third-order valence-corrected chi connectivity index (χ3v) is 4.75. The second-order valence-corrected chi connectivity index (χ2v) is 7.12. The van der Waals surface area contributed by atoms with E-state index in [9.17, 15) is 0 Å². The lowest BCUT2D eigenvalue weighted by molar-refractivity contribution is 0.115. The first-order valence-corrected chi connectivity index (χ1v) is 9.35. The van der Waals surface area contributed by atoms with E-state index in [1.165, 1.54) is 18.4 Å². The molecular weight excluding hydrogens is 328 g/mol. The van der Waals surface area contributed by atoms with E-state index in [2.05, 4.69) is 46.3 Å². The molecule has 0 radical (unpaired) electrons. The number of guanidine groups is 1. The summed E-state index contributed by atoms with van der Waals surface area (Å²) in [5.41, 5.74) is 1.22. The molecule has 1 aromatic rings. The van der Waals surface area contributed by atoms with Crippen LogP contribution in [0.1, 0.15) is 24.4 Å². The lowest BCUT2D eigenvalue weighted by atomic mass is 10.1. The van der Waals surface area contributed by atoms with Crippen molar-refractivity contribution in [2.75, 3.05) is 61.6 Å². The summed E-state index contributed by atoms with van der Waals surface area (Å²) in [6.45, 7) is 3.23. The Bertz CT molecular complexity index is 573. The highest BCUT2D eigenvalue weighted by atomic mass is 16.5. The van der Waals surface area contributed by atoms with Crippen LogP contribution in [0.25, 0.3) is 0 Å². The first kappa shape index (κ1) is 20.5. The number of benzene rings is 1. The molecule has 0 saturated heterocycles. The van der Waals surface area contributed by atoms with E-state index >= 15 is 0 Å².